The van der Waals surface area contributed by atoms with Gasteiger partial charge in [-0.15, -0.1) is 0 Å². The molecule has 124 valence electrons. The average Bonchev–Trinajstić information content (AvgIpc) is 3.02. The maximum atomic E-state index is 13.7. The first-order valence-electron chi connectivity index (χ1n) is 7.58. The molecule has 3 rings (SSSR count). The van der Waals surface area contributed by atoms with Gasteiger partial charge in [-0.3, -0.25) is 4.79 Å². The van der Waals surface area contributed by atoms with Crippen molar-refractivity contribution in [2.24, 2.45) is 11.3 Å². The molecule has 0 aromatic heterocycles. The Hall–Kier alpha value is -1.63. The number of halogens is 2. The summed E-state index contributed by atoms with van der Waals surface area (Å²) in [6.07, 6.45) is 2.34. The van der Waals surface area contributed by atoms with E-state index < -0.39 is 17.2 Å². The van der Waals surface area contributed by atoms with Crippen molar-refractivity contribution in [3.05, 3.63) is 28.0 Å². The van der Waals surface area contributed by atoms with Crippen molar-refractivity contribution >= 4 is 33.6 Å². The van der Waals surface area contributed by atoms with Crippen molar-refractivity contribution in [2.45, 2.75) is 26.2 Å². The van der Waals surface area contributed by atoms with Gasteiger partial charge in [0.1, 0.15) is 5.82 Å². The molecule has 1 aliphatic heterocycles. The SMILES string of the molecule is Cc1cc(Br)c(F)cc1NC(=O)N1C[C@@H]2CCC[C@@]2(C(=O)O)C1. The molecule has 1 aromatic rings. The Kier molecular flexibility index (Phi) is 4.08. The Morgan fingerprint density at radius 3 is 2.87 bits per heavy atom. The number of hydrogen-bond donors (Lipinski definition) is 2. The Morgan fingerprint density at radius 2 is 2.22 bits per heavy atom. The number of carboxylic acid groups (broad SMARTS) is 1. The van der Waals surface area contributed by atoms with E-state index in [-0.39, 0.29) is 18.5 Å². The fourth-order valence-corrected chi connectivity index (χ4v) is 4.23. The van der Waals surface area contributed by atoms with Gasteiger partial charge in [-0.1, -0.05) is 6.42 Å². The molecule has 2 fully saturated rings. The van der Waals surface area contributed by atoms with Gasteiger partial charge in [0.05, 0.1) is 9.89 Å². The third-order valence-corrected chi connectivity index (χ3v) is 5.70. The maximum Gasteiger partial charge on any atom is 0.321 e. The number of nitrogens with one attached hydrogen (secondary N) is 1. The lowest BCUT2D eigenvalue weighted by atomic mass is 9.81. The first-order valence-corrected chi connectivity index (χ1v) is 8.38. The van der Waals surface area contributed by atoms with Crippen molar-refractivity contribution in [1.29, 1.82) is 0 Å². The van der Waals surface area contributed by atoms with Crippen LogP contribution >= 0.6 is 15.9 Å². The zero-order valence-electron chi connectivity index (χ0n) is 12.7. The van der Waals surface area contributed by atoms with E-state index in [1.807, 2.05) is 0 Å². The Balaban J connectivity index is 1.76. The molecule has 1 saturated carbocycles. The number of aryl methyl sites for hydroxylation is 1. The number of carboxylic acids is 1. The van der Waals surface area contributed by atoms with Crippen LogP contribution in [0.5, 0.6) is 0 Å². The van der Waals surface area contributed by atoms with Gasteiger partial charge in [0, 0.05) is 18.8 Å². The molecule has 0 spiro atoms. The van der Waals surface area contributed by atoms with E-state index in [2.05, 4.69) is 21.2 Å². The number of hydrogen-bond acceptors (Lipinski definition) is 2. The molecule has 2 atom stereocenters. The summed E-state index contributed by atoms with van der Waals surface area (Å²) < 4.78 is 14.0. The molecule has 1 saturated heterocycles. The van der Waals surface area contributed by atoms with Crippen LogP contribution < -0.4 is 5.32 Å². The highest BCUT2D eigenvalue weighted by Gasteiger charge is 2.55. The molecular formula is C16H18BrFN2O3. The first-order chi connectivity index (χ1) is 10.8. The van der Waals surface area contributed by atoms with Gasteiger partial charge in [-0.05, 0) is 59.3 Å². The van der Waals surface area contributed by atoms with Crippen LogP contribution in [0, 0.1) is 24.1 Å². The van der Waals surface area contributed by atoms with Crippen molar-refractivity contribution in [1.82, 2.24) is 4.90 Å². The predicted octanol–water partition coefficient (Wildman–Crippen LogP) is 3.62. The Bertz CT molecular complexity index is 682. The number of nitrogens with zero attached hydrogens (tertiary/aromatic N) is 1. The van der Waals surface area contributed by atoms with E-state index >= 15 is 0 Å². The Labute approximate surface area is 142 Å². The molecule has 1 aliphatic carbocycles. The van der Waals surface area contributed by atoms with Gasteiger partial charge in [-0.2, -0.15) is 0 Å². The minimum atomic E-state index is -0.818. The second kappa shape index (κ2) is 5.78. The standard InChI is InChI=1S/C16H18BrFN2O3/c1-9-5-11(17)12(18)6-13(9)19-15(23)20-7-10-3-2-4-16(10,8-20)14(21)22/h5-6,10H,2-4,7-8H2,1H3,(H,19,23)(H,21,22)/t10-,16+/m0/s1. The molecule has 2 aliphatic rings. The van der Waals surface area contributed by atoms with Crippen molar-refractivity contribution in [2.75, 3.05) is 18.4 Å². The number of aliphatic carboxylic acids is 1. The lowest BCUT2D eigenvalue weighted by molar-refractivity contribution is -0.149. The van der Waals surface area contributed by atoms with E-state index in [0.29, 0.717) is 23.1 Å². The maximum absolute atomic E-state index is 13.7. The van der Waals surface area contributed by atoms with Crippen LogP contribution in [0.1, 0.15) is 24.8 Å². The number of carbonyl (C=O) groups excluding carboxylic acids is 1. The van der Waals surface area contributed by atoms with E-state index in [1.165, 1.54) is 11.0 Å². The van der Waals surface area contributed by atoms with E-state index in [0.717, 1.165) is 18.4 Å². The van der Waals surface area contributed by atoms with Crippen molar-refractivity contribution < 1.29 is 19.1 Å². The number of urea groups is 1. The van der Waals surface area contributed by atoms with Crippen LogP contribution in [-0.4, -0.2) is 35.1 Å². The van der Waals surface area contributed by atoms with Gasteiger partial charge in [0.25, 0.3) is 0 Å². The summed E-state index contributed by atoms with van der Waals surface area (Å²) in [5.41, 5.74) is 0.327. The topological polar surface area (TPSA) is 69.6 Å². The molecule has 2 amide bonds. The summed E-state index contributed by atoms with van der Waals surface area (Å²) in [6.45, 7) is 2.43. The van der Waals surface area contributed by atoms with Crippen molar-refractivity contribution in [3.8, 4) is 0 Å². The third-order valence-electron chi connectivity index (χ3n) is 5.09. The number of anilines is 1. The highest BCUT2D eigenvalue weighted by Crippen LogP contribution is 2.49. The fraction of sp³-hybridized carbons (Fsp3) is 0.500. The number of benzene rings is 1. The average molecular weight is 385 g/mol. The number of carbonyl (C=O) groups is 2. The minimum absolute atomic E-state index is 0.00787. The lowest BCUT2D eigenvalue weighted by Crippen LogP contribution is -2.38. The number of fused-ring (bicyclic) bond motifs is 1. The summed E-state index contributed by atoms with van der Waals surface area (Å²) in [6, 6.07) is 2.49. The molecule has 0 bridgehead atoms. The smallest absolute Gasteiger partial charge is 0.321 e. The highest BCUT2D eigenvalue weighted by atomic mass is 79.9. The van der Waals surface area contributed by atoms with Crippen molar-refractivity contribution in [3.63, 3.8) is 0 Å². The minimum Gasteiger partial charge on any atom is -0.481 e. The second-order valence-electron chi connectivity index (χ2n) is 6.44. The summed E-state index contributed by atoms with van der Waals surface area (Å²) in [4.78, 5) is 25.6. The van der Waals surface area contributed by atoms with Gasteiger partial charge < -0.3 is 15.3 Å². The van der Waals surface area contributed by atoms with Gasteiger partial charge in [0.15, 0.2) is 0 Å². The predicted molar refractivity (Wildman–Crippen MR) is 86.8 cm³/mol. The summed E-state index contributed by atoms with van der Waals surface area (Å²) in [7, 11) is 0. The Morgan fingerprint density at radius 1 is 1.48 bits per heavy atom. The quantitative estimate of drug-likeness (QED) is 0.817. The second-order valence-corrected chi connectivity index (χ2v) is 7.30. The van der Waals surface area contributed by atoms with Crippen LogP contribution in [0.4, 0.5) is 14.9 Å². The summed E-state index contributed by atoms with van der Waals surface area (Å²) in [5, 5.41) is 12.3. The van der Waals surface area contributed by atoms with E-state index in [9.17, 15) is 19.1 Å². The molecule has 0 unspecified atom stereocenters. The normalized spacial score (nSPS) is 26.2. The number of likely N-dealkylation sites (tertiary alicyclic amines) is 1. The molecule has 0 radical (unpaired) electrons. The molecular weight excluding hydrogens is 367 g/mol. The van der Waals surface area contributed by atoms with E-state index in [1.54, 1.807) is 13.0 Å². The summed E-state index contributed by atoms with van der Waals surface area (Å²) >= 11 is 3.10. The largest absolute Gasteiger partial charge is 0.481 e. The molecule has 1 aromatic carbocycles. The van der Waals surface area contributed by atoms with Crippen LogP contribution in [0.3, 0.4) is 0 Å². The first kappa shape index (κ1) is 16.2. The highest BCUT2D eigenvalue weighted by molar-refractivity contribution is 9.10. The lowest BCUT2D eigenvalue weighted by Gasteiger charge is -2.23. The van der Waals surface area contributed by atoms with Gasteiger partial charge in [0.2, 0.25) is 0 Å². The monoisotopic (exact) mass is 384 g/mol. The third kappa shape index (κ3) is 2.71. The van der Waals surface area contributed by atoms with Gasteiger partial charge >= 0.3 is 12.0 Å². The zero-order chi connectivity index (χ0) is 16.8. The fourth-order valence-electron chi connectivity index (χ4n) is 3.77. The molecule has 5 nitrogen and oxygen atoms in total. The van der Waals surface area contributed by atoms with Crippen LogP contribution in [0.15, 0.2) is 16.6 Å². The number of amides is 2. The van der Waals surface area contributed by atoms with E-state index in [4.69, 9.17) is 0 Å². The molecule has 7 heteroatoms. The number of rotatable bonds is 2. The van der Waals surface area contributed by atoms with Crippen LogP contribution in [0.2, 0.25) is 0 Å². The molecule has 2 N–H and O–H groups in total. The van der Waals surface area contributed by atoms with Gasteiger partial charge in [-0.25, -0.2) is 9.18 Å². The molecule has 23 heavy (non-hydrogen) atoms. The molecule has 1 heterocycles. The zero-order valence-corrected chi connectivity index (χ0v) is 14.3. The van der Waals surface area contributed by atoms with Crippen LogP contribution in [-0.2, 0) is 4.79 Å². The summed E-state index contributed by atoms with van der Waals surface area (Å²) in [5.74, 6) is -1.26. The van der Waals surface area contributed by atoms with Crippen LogP contribution in [0.25, 0.3) is 0 Å².